The van der Waals surface area contributed by atoms with Gasteiger partial charge in [0.05, 0.1) is 36.2 Å². The highest BCUT2D eigenvalue weighted by Gasteiger charge is 2.15. The molecule has 0 radical (unpaired) electrons. The highest BCUT2D eigenvalue weighted by Crippen LogP contribution is 2.11. The third-order valence-corrected chi connectivity index (χ3v) is 4.24. The van der Waals surface area contributed by atoms with Crippen LogP contribution in [0.1, 0.15) is 30.8 Å². The molecule has 0 fully saturated rings. The second-order valence-electron chi connectivity index (χ2n) is 6.19. The zero-order chi connectivity index (χ0) is 19.1. The summed E-state index contributed by atoms with van der Waals surface area (Å²) >= 11 is 0. The van der Waals surface area contributed by atoms with E-state index in [0.717, 1.165) is 0 Å². The van der Waals surface area contributed by atoms with Crippen molar-refractivity contribution in [2.75, 3.05) is 6.54 Å². The minimum absolute atomic E-state index is 0.0511. The lowest BCUT2D eigenvalue weighted by atomic mass is 10.2. The van der Waals surface area contributed by atoms with Gasteiger partial charge in [-0.1, -0.05) is 12.1 Å². The molecule has 0 aliphatic carbocycles. The zero-order valence-corrected chi connectivity index (χ0v) is 14.9. The molecule has 0 bridgehead atoms. The van der Waals surface area contributed by atoms with E-state index >= 15 is 0 Å². The number of furan rings is 1. The van der Waals surface area contributed by atoms with Crippen molar-refractivity contribution in [1.82, 2.24) is 14.9 Å². The molecule has 0 atom stereocenters. The van der Waals surface area contributed by atoms with Gasteiger partial charge in [-0.3, -0.25) is 9.59 Å². The number of para-hydroxylation sites is 1. The molecule has 0 saturated carbocycles. The number of hydrogen-bond donors (Lipinski definition) is 1. The van der Waals surface area contributed by atoms with Crippen LogP contribution in [0.5, 0.6) is 0 Å². The maximum absolute atomic E-state index is 12.5. The molecule has 7 heteroatoms. The van der Waals surface area contributed by atoms with E-state index < -0.39 is 0 Å². The molecule has 0 aliphatic rings. The summed E-state index contributed by atoms with van der Waals surface area (Å²) in [6.07, 6.45) is 3.19. The van der Waals surface area contributed by atoms with Gasteiger partial charge in [-0.25, -0.2) is 4.98 Å². The quantitative estimate of drug-likeness (QED) is 0.662. The number of hydrogen-bond acceptors (Lipinski definition) is 5. The number of benzene rings is 1. The maximum Gasteiger partial charge on any atom is 0.258 e. The third kappa shape index (κ3) is 4.82. The monoisotopic (exact) mass is 364 g/mol. The third-order valence-electron chi connectivity index (χ3n) is 4.24. The van der Waals surface area contributed by atoms with E-state index in [-0.39, 0.29) is 17.9 Å². The summed E-state index contributed by atoms with van der Waals surface area (Å²) in [4.78, 5) is 33.5. The average Bonchev–Trinajstić information content (AvgIpc) is 3.18. The Labute approximate surface area is 156 Å². The van der Waals surface area contributed by atoms with Crippen LogP contribution in [-0.4, -0.2) is 27.3 Å². The summed E-state index contributed by atoms with van der Waals surface area (Å²) in [5.74, 6) is 1.20. The second kappa shape index (κ2) is 8.81. The van der Waals surface area contributed by atoms with Gasteiger partial charge in [0.2, 0.25) is 5.91 Å². The van der Waals surface area contributed by atoms with Crippen LogP contribution in [-0.2, 0) is 17.8 Å². The number of H-pyrrole nitrogens is 1. The summed E-state index contributed by atoms with van der Waals surface area (Å²) in [5, 5.41) is 9.36. The van der Waals surface area contributed by atoms with Crippen LogP contribution in [0, 0.1) is 11.3 Å². The van der Waals surface area contributed by atoms with Crippen molar-refractivity contribution in [2.24, 2.45) is 0 Å². The maximum atomic E-state index is 12.5. The molecule has 27 heavy (non-hydrogen) atoms. The molecular formula is C20H20N4O3. The first-order chi connectivity index (χ1) is 13.2. The summed E-state index contributed by atoms with van der Waals surface area (Å²) in [7, 11) is 0. The molecule has 138 valence electrons. The van der Waals surface area contributed by atoms with Crippen molar-refractivity contribution in [3.8, 4) is 6.07 Å². The zero-order valence-electron chi connectivity index (χ0n) is 14.9. The number of aromatic nitrogens is 2. The molecular weight excluding hydrogens is 344 g/mol. The lowest BCUT2D eigenvalue weighted by molar-refractivity contribution is -0.132. The average molecular weight is 364 g/mol. The van der Waals surface area contributed by atoms with E-state index in [1.54, 1.807) is 41.5 Å². The van der Waals surface area contributed by atoms with Gasteiger partial charge >= 0.3 is 0 Å². The summed E-state index contributed by atoms with van der Waals surface area (Å²) in [5.41, 5.74) is 0.478. The molecule has 0 unspecified atom stereocenters. The Morgan fingerprint density at radius 2 is 2.11 bits per heavy atom. The fraction of sp³-hybridized carbons (Fsp3) is 0.300. The highest BCUT2D eigenvalue weighted by molar-refractivity contribution is 5.77. The topological polar surface area (TPSA) is 103 Å². The number of aromatic amines is 1. The molecule has 0 spiro atoms. The number of nitrogens with zero attached hydrogens (tertiary/aromatic N) is 3. The standard InChI is InChI=1S/C20H20N4O3/c21-11-5-12-24(14-15-6-4-13-27-15)19(25)10-3-9-18-22-17-8-2-1-7-16(17)20(26)23-18/h1-2,4,6-8,13H,3,5,9-10,12,14H2,(H,22,23,26). The largest absolute Gasteiger partial charge is 0.467 e. The summed E-state index contributed by atoms with van der Waals surface area (Å²) < 4.78 is 5.30. The second-order valence-corrected chi connectivity index (χ2v) is 6.19. The molecule has 7 nitrogen and oxygen atoms in total. The van der Waals surface area contributed by atoms with E-state index in [9.17, 15) is 9.59 Å². The van der Waals surface area contributed by atoms with E-state index in [4.69, 9.17) is 9.68 Å². The summed E-state index contributed by atoms with van der Waals surface area (Å²) in [6.45, 7) is 0.708. The highest BCUT2D eigenvalue weighted by atomic mass is 16.3. The van der Waals surface area contributed by atoms with Crippen LogP contribution in [0.25, 0.3) is 10.9 Å². The molecule has 0 aliphatic heterocycles. The molecule has 1 amide bonds. The van der Waals surface area contributed by atoms with Crippen molar-refractivity contribution in [1.29, 1.82) is 5.26 Å². The van der Waals surface area contributed by atoms with Gasteiger partial charge in [-0.15, -0.1) is 0 Å². The fourth-order valence-corrected chi connectivity index (χ4v) is 2.89. The van der Waals surface area contributed by atoms with Gasteiger partial charge in [0, 0.05) is 19.4 Å². The van der Waals surface area contributed by atoms with Gasteiger partial charge in [0.1, 0.15) is 11.6 Å². The van der Waals surface area contributed by atoms with Crippen molar-refractivity contribution < 1.29 is 9.21 Å². The Hall–Kier alpha value is -3.40. The van der Waals surface area contributed by atoms with E-state index in [1.165, 1.54) is 0 Å². The predicted octanol–water partition coefficient (Wildman–Crippen LogP) is 2.78. The fourth-order valence-electron chi connectivity index (χ4n) is 2.89. The SMILES string of the molecule is N#CCCN(Cc1ccco1)C(=O)CCCc1nc2ccccc2c(=O)[nH]1. The van der Waals surface area contributed by atoms with Crippen molar-refractivity contribution in [3.05, 3.63) is 64.6 Å². The van der Waals surface area contributed by atoms with Crippen molar-refractivity contribution in [2.45, 2.75) is 32.2 Å². The Morgan fingerprint density at radius 3 is 2.89 bits per heavy atom. The van der Waals surface area contributed by atoms with Crippen LogP contribution in [0.3, 0.4) is 0 Å². The van der Waals surface area contributed by atoms with Gasteiger partial charge < -0.3 is 14.3 Å². The van der Waals surface area contributed by atoms with Gasteiger partial charge in [-0.05, 0) is 30.7 Å². The normalized spacial score (nSPS) is 10.6. The lowest BCUT2D eigenvalue weighted by Crippen LogP contribution is -2.31. The number of rotatable bonds is 8. The number of fused-ring (bicyclic) bond motifs is 1. The van der Waals surface area contributed by atoms with E-state index in [0.29, 0.717) is 54.8 Å². The smallest absolute Gasteiger partial charge is 0.258 e. The predicted molar refractivity (Wildman–Crippen MR) is 99.7 cm³/mol. The Balaban J connectivity index is 1.60. The molecule has 2 heterocycles. The molecule has 1 aromatic carbocycles. The van der Waals surface area contributed by atoms with Crippen LogP contribution in [0.2, 0.25) is 0 Å². The first-order valence-corrected chi connectivity index (χ1v) is 8.82. The first-order valence-electron chi connectivity index (χ1n) is 8.82. The van der Waals surface area contributed by atoms with E-state index in [1.807, 2.05) is 6.07 Å². The number of nitrogens with one attached hydrogen (secondary N) is 1. The lowest BCUT2D eigenvalue weighted by Gasteiger charge is -2.20. The van der Waals surface area contributed by atoms with Crippen LogP contribution in [0.4, 0.5) is 0 Å². The van der Waals surface area contributed by atoms with Gasteiger partial charge in [0.25, 0.3) is 5.56 Å². The van der Waals surface area contributed by atoms with Crippen molar-refractivity contribution in [3.63, 3.8) is 0 Å². The Morgan fingerprint density at radius 1 is 1.26 bits per heavy atom. The molecule has 2 aromatic heterocycles. The minimum atomic E-state index is -0.171. The Kier molecular flexibility index (Phi) is 6.00. The Bertz CT molecular complexity index is 1000. The molecule has 3 aromatic rings. The first kappa shape index (κ1) is 18.4. The van der Waals surface area contributed by atoms with Crippen LogP contribution < -0.4 is 5.56 Å². The van der Waals surface area contributed by atoms with Crippen molar-refractivity contribution >= 4 is 16.8 Å². The number of amides is 1. The molecule has 3 rings (SSSR count). The van der Waals surface area contributed by atoms with E-state index in [2.05, 4.69) is 16.0 Å². The van der Waals surface area contributed by atoms with Crippen LogP contribution in [0.15, 0.2) is 51.9 Å². The van der Waals surface area contributed by atoms with Crippen LogP contribution >= 0.6 is 0 Å². The number of carbonyl (C=O) groups excluding carboxylic acids is 1. The summed E-state index contributed by atoms with van der Waals surface area (Å²) in [6, 6.07) is 12.8. The van der Waals surface area contributed by atoms with Gasteiger partial charge in [0.15, 0.2) is 0 Å². The molecule has 1 N–H and O–H groups in total. The number of aryl methyl sites for hydroxylation is 1. The molecule has 0 saturated heterocycles. The minimum Gasteiger partial charge on any atom is -0.467 e. The number of nitriles is 1. The van der Waals surface area contributed by atoms with Gasteiger partial charge in [-0.2, -0.15) is 5.26 Å². The number of carbonyl (C=O) groups is 1.